The van der Waals surface area contributed by atoms with Gasteiger partial charge in [-0.15, -0.1) is 0 Å². The molecule has 0 aliphatic rings. The number of halogens is 3. The molecule has 0 saturated carbocycles. The average molecular weight is 298 g/mol. The lowest BCUT2D eigenvalue weighted by molar-refractivity contribution is 0.136. The third-order valence-electron chi connectivity index (χ3n) is 3.24. The van der Waals surface area contributed by atoms with Crippen molar-refractivity contribution in [2.45, 2.75) is 32.6 Å². The number of hydrogen-bond donors (Lipinski definition) is 0. The smallest absolute Gasteiger partial charge is 0.160 e. The molecule has 3 nitrogen and oxygen atoms in total. The van der Waals surface area contributed by atoms with E-state index in [1.165, 1.54) is 7.11 Å². The lowest BCUT2D eigenvalue weighted by Gasteiger charge is -2.14. The summed E-state index contributed by atoms with van der Waals surface area (Å²) in [5.74, 6) is 0.955. The van der Waals surface area contributed by atoms with Gasteiger partial charge in [0.15, 0.2) is 6.17 Å². The van der Waals surface area contributed by atoms with Crippen LogP contribution in [0.4, 0.5) is 13.2 Å². The number of fused-ring (bicyclic) bond motifs is 1. The van der Waals surface area contributed by atoms with E-state index in [1.807, 2.05) is 13.0 Å². The summed E-state index contributed by atoms with van der Waals surface area (Å²) in [6.45, 7) is 2.21. The molecule has 2 rings (SSSR count). The Morgan fingerprint density at radius 3 is 2.48 bits per heavy atom. The van der Waals surface area contributed by atoms with Gasteiger partial charge in [-0.05, 0) is 31.5 Å². The van der Waals surface area contributed by atoms with Crippen LogP contribution in [0.1, 0.15) is 17.1 Å². The van der Waals surface area contributed by atoms with Crippen LogP contribution < -0.4 is 4.74 Å². The molecule has 0 spiro atoms. The maximum atomic E-state index is 13.7. The van der Waals surface area contributed by atoms with Gasteiger partial charge in [0.2, 0.25) is 0 Å². The Morgan fingerprint density at radius 1 is 1.14 bits per heavy atom. The molecule has 2 unspecified atom stereocenters. The van der Waals surface area contributed by atoms with Crippen molar-refractivity contribution in [2.75, 3.05) is 13.8 Å². The van der Waals surface area contributed by atoms with Gasteiger partial charge in [-0.3, -0.25) is 0 Å². The third-order valence-corrected chi connectivity index (χ3v) is 3.24. The van der Waals surface area contributed by atoms with Gasteiger partial charge in [0, 0.05) is 6.42 Å². The van der Waals surface area contributed by atoms with Crippen LogP contribution in [0.25, 0.3) is 10.9 Å². The maximum absolute atomic E-state index is 13.7. The van der Waals surface area contributed by atoms with Gasteiger partial charge in [-0.2, -0.15) is 0 Å². The van der Waals surface area contributed by atoms with Crippen LogP contribution >= 0.6 is 0 Å². The van der Waals surface area contributed by atoms with E-state index in [4.69, 9.17) is 4.74 Å². The number of rotatable bonds is 5. The predicted molar refractivity (Wildman–Crippen MR) is 75.0 cm³/mol. The number of nitrogens with zero attached hydrogens (tertiary/aromatic N) is 2. The molecule has 1 aromatic carbocycles. The average Bonchev–Trinajstić information content (AvgIpc) is 2.44. The van der Waals surface area contributed by atoms with Gasteiger partial charge in [-0.1, -0.05) is 0 Å². The van der Waals surface area contributed by atoms with Crippen molar-refractivity contribution in [2.24, 2.45) is 0 Å². The highest BCUT2D eigenvalue weighted by Gasteiger charge is 2.23. The molecule has 0 fully saturated rings. The summed E-state index contributed by atoms with van der Waals surface area (Å²) in [6.07, 6.45) is -4.41. The molecule has 2 aromatic rings. The van der Waals surface area contributed by atoms with Crippen molar-refractivity contribution >= 4 is 10.9 Å². The molecule has 0 amide bonds. The van der Waals surface area contributed by atoms with E-state index in [0.29, 0.717) is 28.2 Å². The SMILES string of the molecule is COc1cc(C)cc2nc(C)nc(CC(F)C(F)CF)c12. The van der Waals surface area contributed by atoms with Crippen molar-refractivity contribution in [3.8, 4) is 5.75 Å². The normalized spacial score (nSPS) is 14.2. The summed E-state index contributed by atoms with van der Waals surface area (Å²) in [7, 11) is 1.49. The van der Waals surface area contributed by atoms with Crippen LogP contribution in [0.5, 0.6) is 5.75 Å². The van der Waals surface area contributed by atoms with E-state index in [1.54, 1.807) is 13.0 Å². The van der Waals surface area contributed by atoms with Crippen LogP contribution in [0.15, 0.2) is 12.1 Å². The van der Waals surface area contributed by atoms with E-state index >= 15 is 0 Å². The van der Waals surface area contributed by atoms with E-state index in [-0.39, 0.29) is 6.42 Å². The molecule has 0 saturated heterocycles. The molecule has 1 aromatic heterocycles. The zero-order chi connectivity index (χ0) is 15.6. The number of benzene rings is 1. The van der Waals surface area contributed by atoms with E-state index in [0.717, 1.165) is 5.56 Å². The fraction of sp³-hybridized carbons (Fsp3) is 0.467. The van der Waals surface area contributed by atoms with Gasteiger partial charge >= 0.3 is 0 Å². The predicted octanol–water partition coefficient (Wildman–Crippen LogP) is 3.44. The van der Waals surface area contributed by atoms with Gasteiger partial charge in [-0.25, -0.2) is 23.1 Å². The number of ether oxygens (including phenoxy) is 1. The number of methoxy groups -OCH3 is 1. The molecular formula is C15H17F3N2O. The van der Waals surface area contributed by atoms with Crippen LogP contribution in [0.3, 0.4) is 0 Å². The molecule has 6 heteroatoms. The highest BCUT2D eigenvalue weighted by molar-refractivity contribution is 5.88. The van der Waals surface area contributed by atoms with Crippen molar-refractivity contribution in [1.82, 2.24) is 9.97 Å². The van der Waals surface area contributed by atoms with Crippen LogP contribution in [0.2, 0.25) is 0 Å². The minimum atomic E-state index is -2.15. The Bertz CT molecular complexity index is 643. The maximum Gasteiger partial charge on any atom is 0.160 e. The Morgan fingerprint density at radius 2 is 1.86 bits per heavy atom. The number of aromatic nitrogens is 2. The summed E-state index contributed by atoms with van der Waals surface area (Å²) >= 11 is 0. The second-order valence-corrected chi connectivity index (χ2v) is 4.97. The van der Waals surface area contributed by atoms with Crippen LogP contribution in [-0.2, 0) is 6.42 Å². The molecule has 0 aliphatic heterocycles. The standard InChI is InChI=1S/C15H17F3N2O/c1-8-4-12-15(14(5-8)21-3)13(20-9(2)19-12)6-10(17)11(18)7-16/h4-5,10-11H,6-7H2,1-3H3. The van der Waals surface area contributed by atoms with Crippen LogP contribution in [-0.4, -0.2) is 36.1 Å². The van der Waals surface area contributed by atoms with Gasteiger partial charge in [0.25, 0.3) is 0 Å². The van der Waals surface area contributed by atoms with E-state index in [9.17, 15) is 13.2 Å². The first-order valence-electron chi connectivity index (χ1n) is 6.62. The number of hydrogen-bond acceptors (Lipinski definition) is 3. The zero-order valence-corrected chi connectivity index (χ0v) is 12.2. The second-order valence-electron chi connectivity index (χ2n) is 4.97. The molecule has 0 aliphatic carbocycles. The van der Waals surface area contributed by atoms with Crippen molar-refractivity contribution in [3.63, 3.8) is 0 Å². The van der Waals surface area contributed by atoms with Gasteiger partial charge < -0.3 is 4.74 Å². The topological polar surface area (TPSA) is 35.0 Å². The minimum absolute atomic E-state index is 0.315. The van der Waals surface area contributed by atoms with Crippen molar-refractivity contribution in [3.05, 3.63) is 29.2 Å². The number of alkyl halides is 3. The Hall–Kier alpha value is -1.85. The minimum Gasteiger partial charge on any atom is -0.496 e. The monoisotopic (exact) mass is 298 g/mol. The lowest BCUT2D eigenvalue weighted by atomic mass is 10.0. The molecule has 114 valence electrons. The zero-order valence-electron chi connectivity index (χ0n) is 12.2. The highest BCUT2D eigenvalue weighted by Crippen LogP contribution is 2.30. The summed E-state index contributed by atoms with van der Waals surface area (Å²) in [5.41, 5.74) is 1.88. The Labute approximate surface area is 121 Å². The quantitative estimate of drug-likeness (QED) is 0.848. The molecule has 0 bridgehead atoms. The largest absolute Gasteiger partial charge is 0.496 e. The van der Waals surface area contributed by atoms with E-state index < -0.39 is 19.0 Å². The summed E-state index contributed by atoms with van der Waals surface area (Å²) in [6, 6.07) is 3.60. The second kappa shape index (κ2) is 6.28. The summed E-state index contributed by atoms with van der Waals surface area (Å²) in [5, 5.41) is 0.544. The van der Waals surface area contributed by atoms with Crippen molar-refractivity contribution in [1.29, 1.82) is 0 Å². The van der Waals surface area contributed by atoms with E-state index in [2.05, 4.69) is 9.97 Å². The van der Waals surface area contributed by atoms with Gasteiger partial charge in [0.05, 0.1) is 23.7 Å². The lowest BCUT2D eigenvalue weighted by Crippen LogP contribution is -2.22. The summed E-state index contributed by atoms with van der Waals surface area (Å²) < 4.78 is 44.4. The Balaban J connectivity index is 2.56. The number of aryl methyl sites for hydroxylation is 2. The fourth-order valence-electron chi connectivity index (χ4n) is 2.28. The first kappa shape index (κ1) is 15.5. The summed E-state index contributed by atoms with van der Waals surface area (Å²) in [4.78, 5) is 8.47. The highest BCUT2D eigenvalue weighted by atomic mass is 19.2. The van der Waals surface area contributed by atoms with Crippen molar-refractivity contribution < 1.29 is 17.9 Å². The molecule has 0 radical (unpaired) electrons. The molecule has 21 heavy (non-hydrogen) atoms. The third kappa shape index (κ3) is 3.25. The van der Waals surface area contributed by atoms with Gasteiger partial charge in [0.1, 0.15) is 24.4 Å². The molecule has 2 atom stereocenters. The molecule has 0 N–H and O–H groups in total. The first-order valence-corrected chi connectivity index (χ1v) is 6.62. The Kier molecular flexibility index (Phi) is 4.65. The molecular weight excluding hydrogens is 281 g/mol. The fourth-order valence-corrected chi connectivity index (χ4v) is 2.28. The molecule has 1 heterocycles. The first-order chi connectivity index (χ1) is 9.96. The van der Waals surface area contributed by atoms with Crippen LogP contribution in [0, 0.1) is 13.8 Å².